The van der Waals surface area contributed by atoms with E-state index < -0.39 is 6.10 Å². The van der Waals surface area contributed by atoms with Crippen molar-refractivity contribution in [3.63, 3.8) is 0 Å². The first kappa shape index (κ1) is 64.3. The summed E-state index contributed by atoms with van der Waals surface area (Å²) in [4.78, 5) is 38.1. The lowest BCUT2D eigenvalue weighted by atomic mass is 10.0. The first-order chi connectivity index (χ1) is 33.5. The first-order valence-electron chi connectivity index (χ1n) is 28.2. The molecule has 0 aliphatic carbocycles. The van der Waals surface area contributed by atoms with Crippen LogP contribution in [-0.2, 0) is 28.6 Å². The van der Waals surface area contributed by atoms with Gasteiger partial charge in [0.25, 0.3) is 0 Å². The van der Waals surface area contributed by atoms with E-state index in [2.05, 4.69) is 118 Å². The summed E-state index contributed by atoms with van der Waals surface area (Å²) < 4.78 is 16.8. The van der Waals surface area contributed by atoms with E-state index in [0.717, 1.165) is 96.3 Å². The fourth-order valence-electron chi connectivity index (χ4n) is 7.67. The van der Waals surface area contributed by atoms with E-state index in [-0.39, 0.29) is 37.5 Å². The van der Waals surface area contributed by atoms with E-state index in [4.69, 9.17) is 14.2 Å². The molecular weight excluding hydrogens is 841 g/mol. The molecule has 0 aliphatic rings. The minimum atomic E-state index is -0.809. The molecule has 0 saturated heterocycles. The molecule has 0 fully saturated rings. The zero-order chi connectivity index (χ0) is 49.3. The quantitative estimate of drug-likeness (QED) is 0.0262. The minimum Gasteiger partial charge on any atom is -0.462 e. The summed E-state index contributed by atoms with van der Waals surface area (Å²) in [6, 6.07) is 0. The van der Waals surface area contributed by atoms with Gasteiger partial charge in [-0.2, -0.15) is 0 Å². The van der Waals surface area contributed by atoms with Crippen LogP contribution >= 0.6 is 0 Å². The predicted octanol–water partition coefficient (Wildman–Crippen LogP) is 18.9. The van der Waals surface area contributed by atoms with Crippen molar-refractivity contribution < 1.29 is 28.6 Å². The van der Waals surface area contributed by atoms with Gasteiger partial charge in [0.15, 0.2) is 6.10 Å². The summed E-state index contributed by atoms with van der Waals surface area (Å²) in [6.07, 6.45) is 74.0. The van der Waals surface area contributed by atoms with Gasteiger partial charge in [-0.15, -0.1) is 0 Å². The van der Waals surface area contributed by atoms with Crippen LogP contribution in [-0.4, -0.2) is 37.2 Å². The number of carbonyl (C=O) groups excluding carboxylic acids is 3. The van der Waals surface area contributed by atoms with Gasteiger partial charge < -0.3 is 14.2 Å². The Hall–Kier alpha value is -3.67. The van der Waals surface area contributed by atoms with Gasteiger partial charge in [-0.05, 0) is 89.9 Å². The Balaban J connectivity index is 4.46. The molecule has 0 radical (unpaired) electrons. The molecule has 388 valence electrons. The second-order valence-electron chi connectivity index (χ2n) is 18.4. The molecule has 6 heteroatoms. The second kappa shape index (κ2) is 55.9. The van der Waals surface area contributed by atoms with Crippen molar-refractivity contribution in [1.29, 1.82) is 0 Å². The molecule has 1 atom stereocenters. The Morgan fingerprint density at radius 3 is 0.941 bits per heavy atom. The molecule has 0 aromatic carbocycles. The highest BCUT2D eigenvalue weighted by atomic mass is 16.6. The topological polar surface area (TPSA) is 78.9 Å². The van der Waals surface area contributed by atoms with Crippen molar-refractivity contribution in [1.82, 2.24) is 0 Å². The normalized spacial score (nSPS) is 12.8. The molecule has 0 aromatic heterocycles. The average Bonchev–Trinajstić information content (AvgIpc) is 3.34. The molecule has 0 N–H and O–H groups in total. The lowest BCUT2D eigenvalue weighted by Crippen LogP contribution is -2.30. The van der Waals surface area contributed by atoms with E-state index in [1.807, 2.05) is 0 Å². The van der Waals surface area contributed by atoms with Crippen molar-refractivity contribution >= 4 is 17.9 Å². The lowest BCUT2D eigenvalue weighted by Gasteiger charge is -2.18. The zero-order valence-electron chi connectivity index (χ0n) is 44.3. The Morgan fingerprint density at radius 2 is 0.588 bits per heavy atom. The number of rotatable bonds is 50. The highest BCUT2D eigenvalue weighted by Crippen LogP contribution is 2.15. The Kier molecular flexibility index (Phi) is 52.9. The number of ether oxygens (including phenoxy) is 3. The summed E-state index contributed by atoms with van der Waals surface area (Å²) in [5, 5.41) is 0. The summed E-state index contributed by atoms with van der Waals surface area (Å²) >= 11 is 0. The van der Waals surface area contributed by atoms with Crippen molar-refractivity contribution in [2.24, 2.45) is 0 Å². The van der Waals surface area contributed by atoms with E-state index in [1.165, 1.54) is 116 Å². The number of hydrogen-bond acceptors (Lipinski definition) is 6. The van der Waals surface area contributed by atoms with E-state index in [1.54, 1.807) is 0 Å². The SMILES string of the molecule is CC/C=C\C/C=C\C/C=C\C/C=C\C/C=C\CCCC(=O)OC(COC(=O)CCCCCCCCCCC/C=C\C/C=C\C/C=C\CC)COC(=O)CCCCCCCCCCCCCCCC. The van der Waals surface area contributed by atoms with E-state index in [0.29, 0.717) is 19.3 Å². The number of carbonyl (C=O) groups is 3. The monoisotopic (exact) mass is 945 g/mol. The van der Waals surface area contributed by atoms with Gasteiger partial charge in [0.05, 0.1) is 0 Å². The molecule has 0 heterocycles. The maximum absolute atomic E-state index is 12.8. The molecule has 0 amide bonds. The molecule has 6 nitrogen and oxygen atoms in total. The molecule has 0 saturated carbocycles. The number of allylic oxidation sites excluding steroid dienone is 16. The van der Waals surface area contributed by atoms with Crippen LogP contribution in [0.4, 0.5) is 0 Å². The molecule has 68 heavy (non-hydrogen) atoms. The highest BCUT2D eigenvalue weighted by molar-refractivity contribution is 5.71. The third-order valence-electron chi connectivity index (χ3n) is 11.8. The van der Waals surface area contributed by atoms with Gasteiger partial charge >= 0.3 is 17.9 Å². The van der Waals surface area contributed by atoms with Crippen LogP contribution in [0.1, 0.15) is 258 Å². The van der Waals surface area contributed by atoms with E-state index in [9.17, 15) is 14.4 Å². The van der Waals surface area contributed by atoms with Crippen LogP contribution in [0.15, 0.2) is 97.2 Å². The molecule has 1 unspecified atom stereocenters. The first-order valence-corrected chi connectivity index (χ1v) is 28.2. The largest absolute Gasteiger partial charge is 0.462 e. The van der Waals surface area contributed by atoms with Crippen molar-refractivity contribution in [3.8, 4) is 0 Å². The number of hydrogen-bond donors (Lipinski definition) is 0. The Bertz CT molecular complexity index is 1360. The van der Waals surface area contributed by atoms with Gasteiger partial charge in [0.2, 0.25) is 0 Å². The summed E-state index contributed by atoms with van der Waals surface area (Å²) in [7, 11) is 0. The predicted molar refractivity (Wildman–Crippen MR) is 293 cm³/mol. The van der Waals surface area contributed by atoms with Crippen molar-refractivity contribution in [2.75, 3.05) is 13.2 Å². The van der Waals surface area contributed by atoms with Crippen LogP contribution in [0, 0.1) is 0 Å². The van der Waals surface area contributed by atoms with Crippen LogP contribution < -0.4 is 0 Å². The number of esters is 3. The Labute approximate surface area is 419 Å². The van der Waals surface area contributed by atoms with Crippen molar-refractivity contribution in [2.45, 2.75) is 264 Å². The average molecular weight is 946 g/mol. The van der Waals surface area contributed by atoms with Gasteiger partial charge in [-0.25, -0.2) is 0 Å². The fourth-order valence-corrected chi connectivity index (χ4v) is 7.67. The van der Waals surface area contributed by atoms with Crippen molar-refractivity contribution in [3.05, 3.63) is 97.2 Å². The fraction of sp³-hybridized carbons (Fsp3) is 0.694. The molecule has 0 bridgehead atoms. The third-order valence-corrected chi connectivity index (χ3v) is 11.8. The molecule has 0 aromatic rings. The smallest absolute Gasteiger partial charge is 0.306 e. The molecular formula is C62H104O6. The van der Waals surface area contributed by atoms with Gasteiger partial charge in [-0.1, -0.05) is 246 Å². The maximum atomic E-state index is 12.8. The van der Waals surface area contributed by atoms with Gasteiger partial charge in [-0.3, -0.25) is 14.4 Å². The van der Waals surface area contributed by atoms with Crippen LogP contribution in [0.25, 0.3) is 0 Å². The van der Waals surface area contributed by atoms with Gasteiger partial charge in [0.1, 0.15) is 13.2 Å². The standard InChI is InChI=1S/C62H104O6/c1-4-7-10-13-16-19-22-25-28-30-31-33-34-37-40-43-46-49-52-55-61(64)67-58-59(57-66-60(63)54-51-48-45-42-39-36-27-24-21-18-15-12-9-6-3)68-62(65)56-53-50-47-44-41-38-35-32-29-26-23-20-17-14-11-8-5-2/h7-8,10-11,16-17,19-20,25-26,28-29,35,38,44,47,59H,4-6,9,12-15,18,21-24,27,30-34,36-37,39-43,45-46,48-58H2,1-3H3/b10-7-,11-8-,19-16-,20-17-,28-25-,29-26-,38-35-,47-44-. The lowest BCUT2D eigenvalue weighted by molar-refractivity contribution is -0.167. The highest BCUT2D eigenvalue weighted by Gasteiger charge is 2.19. The number of unbranched alkanes of at least 4 members (excludes halogenated alkanes) is 23. The minimum absolute atomic E-state index is 0.100. The molecule has 0 rings (SSSR count). The maximum Gasteiger partial charge on any atom is 0.306 e. The Morgan fingerprint density at radius 1 is 0.309 bits per heavy atom. The van der Waals surface area contributed by atoms with Crippen LogP contribution in [0.5, 0.6) is 0 Å². The summed E-state index contributed by atoms with van der Waals surface area (Å²) in [5.74, 6) is -0.961. The van der Waals surface area contributed by atoms with E-state index >= 15 is 0 Å². The molecule has 0 aliphatic heterocycles. The van der Waals surface area contributed by atoms with Crippen LogP contribution in [0.3, 0.4) is 0 Å². The van der Waals surface area contributed by atoms with Gasteiger partial charge in [0, 0.05) is 19.3 Å². The summed E-state index contributed by atoms with van der Waals surface area (Å²) in [5.41, 5.74) is 0. The summed E-state index contributed by atoms with van der Waals surface area (Å²) in [6.45, 7) is 6.38. The molecule has 0 spiro atoms. The third kappa shape index (κ3) is 53.3. The second-order valence-corrected chi connectivity index (χ2v) is 18.4. The zero-order valence-corrected chi connectivity index (χ0v) is 44.3. The van der Waals surface area contributed by atoms with Crippen LogP contribution in [0.2, 0.25) is 0 Å².